The van der Waals surface area contributed by atoms with Gasteiger partial charge in [-0.05, 0) is 38.0 Å². The van der Waals surface area contributed by atoms with E-state index in [9.17, 15) is 9.90 Å². The number of aliphatic hydroxyl groups is 1. The number of thioether (sulfide) groups is 1. The normalized spacial score (nSPS) is 21.5. The summed E-state index contributed by atoms with van der Waals surface area (Å²) in [5.74, 6) is -0.0594. The molecular formula is C23H29N9O2S. The van der Waals surface area contributed by atoms with Gasteiger partial charge in [0.15, 0.2) is 5.84 Å². The lowest BCUT2D eigenvalue weighted by atomic mass is 9.87. The molecule has 0 aromatic carbocycles. The number of aliphatic hydroxyl groups excluding tert-OH is 1. The fourth-order valence-corrected chi connectivity index (χ4v) is 5.52. The molecule has 0 aliphatic carbocycles. The SMILES string of the molecule is CSc1c[nH]ncc(-c2ccc(CO)nc2)c(N)nc1C1CC2CCC(C1)N2C(=O)C(N)=NC=N. The van der Waals surface area contributed by atoms with Crippen LogP contribution in [0.15, 0.2) is 40.6 Å². The third-order valence-corrected chi connectivity index (χ3v) is 7.29. The predicted octanol–water partition coefficient (Wildman–Crippen LogP) is 1.99. The van der Waals surface area contributed by atoms with Crippen molar-refractivity contribution < 1.29 is 9.90 Å². The third-order valence-electron chi connectivity index (χ3n) is 6.53. The minimum atomic E-state index is -0.313. The second-order valence-electron chi connectivity index (χ2n) is 8.50. The average molecular weight is 496 g/mol. The molecule has 2 fully saturated rings. The highest BCUT2D eigenvalue weighted by atomic mass is 32.2. The van der Waals surface area contributed by atoms with Crippen molar-refractivity contribution in [2.45, 2.75) is 55.2 Å². The lowest BCUT2D eigenvalue weighted by molar-refractivity contribution is -0.128. The van der Waals surface area contributed by atoms with E-state index in [2.05, 4.69) is 20.2 Å². The molecule has 0 radical (unpaired) electrons. The fraction of sp³-hybridized carbons (Fsp3) is 0.391. The molecule has 2 bridgehead atoms. The van der Waals surface area contributed by atoms with Gasteiger partial charge in [0, 0.05) is 46.4 Å². The van der Waals surface area contributed by atoms with Gasteiger partial charge in [0.25, 0.3) is 5.91 Å². The number of nitrogens with two attached hydrogens (primary N) is 2. The summed E-state index contributed by atoms with van der Waals surface area (Å²) in [6.07, 6.45) is 11.1. The lowest BCUT2D eigenvalue weighted by Crippen LogP contribution is -2.50. The highest BCUT2D eigenvalue weighted by molar-refractivity contribution is 7.98. The third kappa shape index (κ3) is 5.13. The Morgan fingerprint density at radius 3 is 2.69 bits per heavy atom. The van der Waals surface area contributed by atoms with Crippen LogP contribution < -0.4 is 11.5 Å². The Balaban J connectivity index is 1.72. The van der Waals surface area contributed by atoms with Crippen LogP contribution in [0.3, 0.4) is 0 Å². The molecule has 11 nitrogen and oxygen atoms in total. The highest BCUT2D eigenvalue weighted by Gasteiger charge is 2.45. The molecule has 2 atom stereocenters. The summed E-state index contributed by atoms with van der Waals surface area (Å²) in [4.78, 5) is 28.4. The maximum atomic E-state index is 12.8. The number of piperidine rings is 1. The molecule has 2 aromatic heterocycles. The maximum Gasteiger partial charge on any atom is 0.289 e. The monoisotopic (exact) mass is 495 g/mol. The summed E-state index contributed by atoms with van der Waals surface area (Å²) in [6.45, 7) is -0.143. The summed E-state index contributed by atoms with van der Waals surface area (Å²) in [5, 5.41) is 23.6. The zero-order valence-corrected chi connectivity index (χ0v) is 20.2. The first-order chi connectivity index (χ1) is 17.0. The Hall–Kier alpha value is -3.51. The van der Waals surface area contributed by atoms with Crippen LogP contribution in [0.1, 0.15) is 43.0 Å². The Morgan fingerprint density at radius 2 is 2.09 bits per heavy atom. The van der Waals surface area contributed by atoms with Gasteiger partial charge in [-0.15, -0.1) is 11.8 Å². The van der Waals surface area contributed by atoms with Gasteiger partial charge in [-0.2, -0.15) is 5.10 Å². The molecule has 0 saturated carbocycles. The van der Waals surface area contributed by atoms with E-state index in [1.807, 2.05) is 23.4 Å². The van der Waals surface area contributed by atoms with Gasteiger partial charge in [-0.25, -0.2) is 9.98 Å². The number of fused-ring (bicyclic) bond motifs is 2. The zero-order valence-electron chi connectivity index (χ0n) is 19.4. The van der Waals surface area contributed by atoms with E-state index in [-0.39, 0.29) is 36.4 Å². The van der Waals surface area contributed by atoms with Crippen LogP contribution in [-0.2, 0) is 11.4 Å². The first-order valence-corrected chi connectivity index (χ1v) is 12.5. The molecule has 2 unspecified atom stereocenters. The van der Waals surface area contributed by atoms with Crippen LogP contribution in [0.5, 0.6) is 0 Å². The Bertz CT molecular complexity index is 1170. The average Bonchev–Trinajstić information content (AvgIpc) is 3.17. The van der Waals surface area contributed by atoms with Gasteiger partial charge < -0.3 is 21.5 Å². The van der Waals surface area contributed by atoms with Crippen molar-refractivity contribution in [3.8, 4) is 11.1 Å². The largest absolute Gasteiger partial charge is 0.390 e. The first kappa shape index (κ1) is 24.6. The van der Waals surface area contributed by atoms with E-state index < -0.39 is 0 Å². The molecule has 4 rings (SSSR count). The van der Waals surface area contributed by atoms with Crippen molar-refractivity contribution >= 4 is 35.7 Å². The summed E-state index contributed by atoms with van der Waals surface area (Å²) >= 11 is 1.56. The molecule has 2 aromatic rings. The van der Waals surface area contributed by atoms with Gasteiger partial charge in [0.1, 0.15) is 12.2 Å². The number of anilines is 1. The first-order valence-electron chi connectivity index (χ1n) is 11.3. The van der Waals surface area contributed by atoms with E-state index in [1.54, 1.807) is 30.2 Å². The van der Waals surface area contributed by atoms with Crippen molar-refractivity contribution in [2.75, 3.05) is 12.0 Å². The summed E-state index contributed by atoms with van der Waals surface area (Å²) in [7, 11) is 0. The zero-order chi connectivity index (χ0) is 24.9. The Morgan fingerprint density at radius 1 is 1.34 bits per heavy atom. The molecular weight excluding hydrogens is 466 g/mol. The van der Waals surface area contributed by atoms with Crippen LogP contribution in [0.4, 0.5) is 5.82 Å². The van der Waals surface area contributed by atoms with E-state index in [4.69, 9.17) is 21.9 Å². The number of amidine groups is 1. The molecule has 4 heterocycles. The number of rotatable bonds is 5. The van der Waals surface area contributed by atoms with Crippen molar-refractivity contribution in [3.63, 3.8) is 0 Å². The van der Waals surface area contributed by atoms with E-state index >= 15 is 0 Å². The molecule has 12 heteroatoms. The molecule has 0 spiro atoms. The number of aromatic amines is 1. The molecule has 1 amide bonds. The Labute approximate surface area is 207 Å². The number of nitrogen functional groups attached to an aromatic ring is 1. The number of carbonyl (C=O) groups is 1. The molecule has 7 N–H and O–H groups in total. The number of amides is 1. The lowest BCUT2D eigenvalue weighted by Gasteiger charge is -2.38. The van der Waals surface area contributed by atoms with Gasteiger partial charge in [-0.1, -0.05) is 6.07 Å². The van der Waals surface area contributed by atoms with E-state index in [0.717, 1.165) is 48.2 Å². The number of carbonyl (C=O) groups excluding carboxylic acids is 1. The van der Waals surface area contributed by atoms with Crippen LogP contribution in [0, 0.1) is 5.41 Å². The maximum absolute atomic E-state index is 12.8. The number of H-pyrrole nitrogens is 1. The van der Waals surface area contributed by atoms with Crippen molar-refractivity contribution in [1.82, 2.24) is 25.1 Å². The molecule has 2 aliphatic rings. The van der Waals surface area contributed by atoms with Crippen LogP contribution in [0.2, 0.25) is 0 Å². The second kappa shape index (κ2) is 10.8. The molecule has 184 valence electrons. The quantitative estimate of drug-likeness (QED) is 0.237. The summed E-state index contributed by atoms with van der Waals surface area (Å²) in [6, 6.07) is 3.60. The highest BCUT2D eigenvalue weighted by Crippen LogP contribution is 2.44. The number of hydrogen-bond acceptors (Lipinski definition) is 8. The van der Waals surface area contributed by atoms with Gasteiger partial charge >= 0.3 is 0 Å². The van der Waals surface area contributed by atoms with Gasteiger partial charge in [-0.3, -0.25) is 20.3 Å². The fourth-order valence-electron chi connectivity index (χ4n) is 4.93. The predicted molar refractivity (Wildman–Crippen MR) is 135 cm³/mol. The number of nitrogens with one attached hydrogen (secondary N) is 2. The van der Waals surface area contributed by atoms with Crippen molar-refractivity contribution in [1.29, 1.82) is 5.41 Å². The van der Waals surface area contributed by atoms with Crippen molar-refractivity contribution in [2.24, 2.45) is 10.7 Å². The summed E-state index contributed by atoms with van der Waals surface area (Å²) < 4.78 is 0. The van der Waals surface area contributed by atoms with Gasteiger partial charge in [0.2, 0.25) is 0 Å². The standard InChI is InChI=1S/C23H29N9O2S/c1-35-19-10-30-29-9-18(13-2-3-15(11-33)27-8-13)21(25)31-20(19)14-6-16-4-5-17(7-14)32(16)23(34)22(26)28-12-24/h2-3,8-10,12,14,16-17,30,33H,4-7,11,25H2,1H3,(H3,24,26,28). The minimum absolute atomic E-state index is 0.0216. The number of nitrogens with zero attached hydrogens (tertiary/aromatic N) is 5. The van der Waals surface area contributed by atoms with E-state index in [0.29, 0.717) is 17.1 Å². The second-order valence-corrected chi connectivity index (χ2v) is 9.35. The van der Waals surface area contributed by atoms with Crippen LogP contribution in [-0.4, -0.2) is 66.6 Å². The molecule has 2 aliphatic heterocycles. The molecule has 2 saturated heterocycles. The summed E-state index contributed by atoms with van der Waals surface area (Å²) in [5.41, 5.74) is 15.1. The number of hydrogen-bond donors (Lipinski definition) is 5. The van der Waals surface area contributed by atoms with Crippen LogP contribution >= 0.6 is 11.8 Å². The Kier molecular flexibility index (Phi) is 7.61. The van der Waals surface area contributed by atoms with E-state index in [1.165, 1.54) is 0 Å². The van der Waals surface area contributed by atoms with Crippen molar-refractivity contribution in [3.05, 3.63) is 42.1 Å². The number of pyridine rings is 1. The minimum Gasteiger partial charge on any atom is -0.390 e. The van der Waals surface area contributed by atoms with Gasteiger partial charge in [0.05, 0.1) is 24.2 Å². The number of aromatic nitrogens is 4. The number of aliphatic imine (C=N–C) groups is 1. The van der Waals surface area contributed by atoms with Crippen LogP contribution in [0.25, 0.3) is 11.1 Å². The topological polar surface area (TPSA) is 183 Å². The smallest absolute Gasteiger partial charge is 0.289 e. The molecule has 35 heavy (non-hydrogen) atoms.